The van der Waals surface area contributed by atoms with Crippen molar-refractivity contribution in [1.29, 1.82) is 0 Å². The summed E-state index contributed by atoms with van der Waals surface area (Å²) in [7, 11) is 0. The zero-order chi connectivity index (χ0) is 10.1. The van der Waals surface area contributed by atoms with Crippen molar-refractivity contribution in [3.63, 3.8) is 0 Å². The number of hydrogen-bond donors (Lipinski definition) is 0. The van der Waals surface area contributed by atoms with E-state index in [1.807, 2.05) is 37.3 Å². The second-order valence-corrected chi connectivity index (χ2v) is 3.24. The van der Waals surface area contributed by atoms with Crippen LogP contribution in [0.1, 0.15) is 18.3 Å². The van der Waals surface area contributed by atoms with Gasteiger partial charge in [0.2, 0.25) is 5.88 Å². The van der Waals surface area contributed by atoms with Crippen molar-refractivity contribution < 1.29 is 4.74 Å². The molecule has 0 saturated heterocycles. The van der Waals surface area contributed by atoms with Crippen molar-refractivity contribution in [2.75, 3.05) is 6.61 Å². The van der Waals surface area contributed by atoms with Gasteiger partial charge in [-0.15, -0.1) is 10.2 Å². The first-order valence-electron chi connectivity index (χ1n) is 4.67. The fourth-order valence-electron chi connectivity index (χ4n) is 1.50. The SMILES string of the molecule is CCOc1cc(C)cc2nnc(C)n12. The van der Waals surface area contributed by atoms with E-state index >= 15 is 0 Å². The molecule has 0 aromatic carbocycles. The molecule has 2 aromatic heterocycles. The Balaban J connectivity index is 2.70. The quantitative estimate of drug-likeness (QED) is 0.725. The Hall–Kier alpha value is -1.58. The summed E-state index contributed by atoms with van der Waals surface area (Å²) >= 11 is 0. The molecule has 0 spiro atoms. The van der Waals surface area contributed by atoms with Gasteiger partial charge < -0.3 is 4.74 Å². The molecule has 0 saturated carbocycles. The van der Waals surface area contributed by atoms with Crippen LogP contribution in [-0.2, 0) is 0 Å². The molecule has 74 valence electrons. The maximum absolute atomic E-state index is 5.52. The lowest BCUT2D eigenvalue weighted by atomic mass is 10.3. The van der Waals surface area contributed by atoms with E-state index in [1.165, 1.54) is 0 Å². The van der Waals surface area contributed by atoms with Gasteiger partial charge in [-0.05, 0) is 32.4 Å². The molecule has 0 amide bonds. The summed E-state index contributed by atoms with van der Waals surface area (Å²) in [5.74, 6) is 1.66. The molecule has 0 radical (unpaired) electrons. The summed E-state index contributed by atoms with van der Waals surface area (Å²) in [4.78, 5) is 0. The van der Waals surface area contributed by atoms with Crippen LogP contribution in [0.2, 0.25) is 0 Å². The molecule has 0 bridgehead atoms. The second kappa shape index (κ2) is 3.29. The number of fused-ring (bicyclic) bond motifs is 1. The van der Waals surface area contributed by atoms with E-state index < -0.39 is 0 Å². The smallest absolute Gasteiger partial charge is 0.201 e. The predicted molar refractivity (Wildman–Crippen MR) is 53.6 cm³/mol. The zero-order valence-electron chi connectivity index (χ0n) is 8.61. The number of ether oxygens (including phenoxy) is 1. The van der Waals surface area contributed by atoms with E-state index in [0.717, 1.165) is 22.9 Å². The molecule has 0 N–H and O–H groups in total. The molecule has 0 aliphatic carbocycles. The molecular weight excluding hydrogens is 178 g/mol. The number of aryl methyl sites for hydroxylation is 2. The number of hydrogen-bond acceptors (Lipinski definition) is 3. The summed E-state index contributed by atoms with van der Waals surface area (Å²) in [5.41, 5.74) is 1.97. The molecule has 0 fully saturated rings. The van der Waals surface area contributed by atoms with Crippen molar-refractivity contribution >= 4 is 5.65 Å². The van der Waals surface area contributed by atoms with Crippen LogP contribution in [0.3, 0.4) is 0 Å². The maximum atomic E-state index is 5.52. The van der Waals surface area contributed by atoms with Crippen molar-refractivity contribution in [3.8, 4) is 5.88 Å². The van der Waals surface area contributed by atoms with Crippen molar-refractivity contribution in [2.24, 2.45) is 0 Å². The fourth-order valence-corrected chi connectivity index (χ4v) is 1.50. The minimum atomic E-state index is 0.649. The van der Waals surface area contributed by atoms with E-state index in [4.69, 9.17) is 4.74 Å². The minimum Gasteiger partial charge on any atom is -0.479 e. The molecule has 0 aliphatic rings. The monoisotopic (exact) mass is 191 g/mol. The van der Waals surface area contributed by atoms with Gasteiger partial charge >= 0.3 is 0 Å². The highest BCUT2D eigenvalue weighted by Gasteiger charge is 2.07. The summed E-state index contributed by atoms with van der Waals surface area (Å²) in [6.45, 7) is 6.55. The summed E-state index contributed by atoms with van der Waals surface area (Å²) in [6, 6.07) is 3.98. The molecular formula is C10H13N3O. The van der Waals surface area contributed by atoms with E-state index in [2.05, 4.69) is 10.2 Å². The van der Waals surface area contributed by atoms with Crippen LogP contribution in [0, 0.1) is 13.8 Å². The lowest BCUT2D eigenvalue weighted by Crippen LogP contribution is -2.00. The first kappa shape index (κ1) is 8.99. The fraction of sp³-hybridized carbons (Fsp3) is 0.400. The third-order valence-corrected chi connectivity index (χ3v) is 2.07. The van der Waals surface area contributed by atoms with E-state index in [-0.39, 0.29) is 0 Å². The third-order valence-electron chi connectivity index (χ3n) is 2.07. The average molecular weight is 191 g/mol. The second-order valence-electron chi connectivity index (χ2n) is 3.24. The van der Waals surface area contributed by atoms with Gasteiger partial charge in [0.15, 0.2) is 5.65 Å². The van der Waals surface area contributed by atoms with Crippen molar-refractivity contribution in [2.45, 2.75) is 20.8 Å². The first-order valence-corrected chi connectivity index (χ1v) is 4.67. The van der Waals surface area contributed by atoms with E-state index in [0.29, 0.717) is 6.61 Å². The number of aromatic nitrogens is 3. The van der Waals surface area contributed by atoms with E-state index in [9.17, 15) is 0 Å². The lowest BCUT2D eigenvalue weighted by Gasteiger charge is -2.07. The van der Waals surface area contributed by atoms with Gasteiger partial charge in [-0.1, -0.05) is 0 Å². The minimum absolute atomic E-state index is 0.649. The third kappa shape index (κ3) is 1.32. The van der Waals surface area contributed by atoms with Crippen LogP contribution in [0.5, 0.6) is 5.88 Å². The Morgan fingerprint density at radius 2 is 2.07 bits per heavy atom. The molecule has 4 heteroatoms. The summed E-state index contributed by atoms with van der Waals surface area (Å²) < 4.78 is 7.44. The van der Waals surface area contributed by atoms with Crippen LogP contribution in [-0.4, -0.2) is 21.2 Å². The highest BCUT2D eigenvalue weighted by atomic mass is 16.5. The van der Waals surface area contributed by atoms with Gasteiger partial charge in [-0.25, -0.2) is 4.40 Å². The van der Waals surface area contributed by atoms with Crippen LogP contribution < -0.4 is 4.74 Å². The molecule has 2 heterocycles. The highest BCUT2D eigenvalue weighted by Crippen LogP contribution is 2.17. The molecule has 2 rings (SSSR count). The van der Waals surface area contributed by atoms with Gasteiger partial charge in [0.25, 0.3) is 0 Å². The molecule has 0 unspecified atom stereocenters. The van der Waals surface area contributed by atoms with Crippen LogP contribution in [0.4, 0.5) is 0 Å². The average Bonchev–Trinajstić information content (AvgIpc) is 2.48. The normalized spacial score (nSPS) is 10.8. The van der Waals surface area contributed by atoms with Gasteiger partial charge in [0.1, 0.15) is 5.82 Å². The van der Waals surface area contributed by atoms with E-state index in [1.54, 1.807) is 0 Å². The lowest BCUT2D eigenvalue weighted by molar-refractivity contribution is 0.321. The maximum Gasteiger partial charge on any atom is 0.201 e. The summed E-state index contributed by atoms with van der Waals surface area (Å²) in [5, 5.41) is 8.07. The molecule has 14 heavy (non-hydrogen) atoms. The van der Waals surface area contributed by atoms with Crippen LogP contribution in [0.25, 0.3) is 5.65 Å². The standard InChI is InChI=1S/C10H13N3O/c1-4-14-10-6-7(2)5-9-12-11-8(3)13(9)10/h5-6H,4H2,1-3H3. The Morgan fingerprint density at radius 3 is 2.79 bits per heavy atom. The van der Waals surface area contributed by atoms with Crippen molar-refractivity contribution in [1.82, 2.24) is 14.6 Å². The highest BCUT2D eigenvalue weighted by molar-refractivity contribution is 5.45. The van der Waals surface area contributed by atoms with Crippen LogP contribution >= 0.6 is 0 Å². The topological polar surface area (TPSA) is 39.4 Å². The van der Waals surface area contributed by atoms with Gasteiger partial charge in [0, 0.05) is 6.07 Å². The Kier molecular flexibility index (Phi) is 2.11. The Bertz CT molecular complexity index is 462. The first-order chi connectivity index (χ1) is 6.72. The number of rotatable bonds is 2. The Labute approximate surface area is 82.5 Å². The van der Waals surface area contributed by atoms with Gasteiger partial charge in [-0.3, -0.25) is 0 Å². The Morgan fingerprint density at radius 1 is 1.29 bits per heavy atom. The van der Waals surface area contributed by atoms with Gasteiger partial charge in [0.05, 0.1) is 6.61 Å². The van der Waals surface area contributed by atoms with Crippen LogP contribution in [0.15, 0.2) is 12.1 Å². The molecule has 2 aromatic rings. The number of pyridine rings is 1. The molecule has 0 aliphatic heterocycles. The number of nitrogens with zero attached hydrogens (tertiary/aromatic N) is 3. The van der Waals surface area contributed by atoms with Crippen molar-refractivity contribution in [3.05, 3.63) is 23.5 Å². The van der Waals surface area contributed by atoms with Gasteiger partial charge in [-0.2, -0.15) is 0 Å². The molecule has 4 nitrogen and oxygen atoms in total. The molecule has 0 atom stereocenters. The zero-order valence-corrected chi connectivity index (χ0v) is 8.61. The largest absolute Gasteiger partial charge is 0.479 e. The predicted octanol–water partition coefficient (Wildman–Crippen LogP) is 1.74. The summed E-state index contributed by atoms with van der Waals surface area (Å²) in [6.07, 6.45) is 0.